The smallest absolute Gasteiger partial charge is 0.292 e. The molecule has 0 aliphatic rings. The fraction of sp³-hybridized carbons (Fsp3) is 0.400. The van der Waals surface area contributed by atoms with E-state index in [0.29, 0.717) is 5.69 Å². The zero-order valence-corrected chi connectivity index (χ0v) is 8.19. The number of anilines is 1. The molecule has 1 rings (SSSR count). The molecule has 0 heterocycles. The van der Waals surface area contributed by atoms with E-state index in [1.54, 1.807) is 18.2 Å². The SMILES string of the molecule is CCCCNc1ccccc1[N+](=O)[O-]. The third-order valence-corrected chi connectivity index (χ3v) is 1.95. The van der Waals surface area contributed by atoms with E-state index >= 15 is 0 Å². The fourth-order valence-corrected chi connectivity index (χ4v) is 1.18. The van der Waals surface area contributed by atoms with Crippen LogP contribution >= 0.6 is 0 Å². The van der Waals surface area contributed by atoms with Crippen molar-refractivity contribution in [3.8, 4) is 0 Å². The lowest BCUT2D eigenvalue weighted by molar-refractivity contribution is -0.384. The summed E-state index contributed by atoms with van der Waals surface area (Å²) in [6.07, 6.45) is 2.10. The van der Waals surface area contributed by atoms with Crippen LogP contribution in [0.1, 0.15) is 19.8 Å². The third-order valence-electron chi connectivity index (χ3n) is 1.95. The van der Waals surface area contributed by atoms with Gasteiger partial charge in [-0.15, -0.1) is 0 Å². The van der Waals surface area contributed by atoms with Crippen molar-refractivity contribution in [3.63, 3.8) is 0 Å². The van der Waals surface area contributed by atoms with E-state index in [2.05, 4.69) is 12.2 Å². The first-order valence-corrected chi connectivity index (χ1v) is 4.73. The van der Waals surface area contributed by atoms with Gasteiger partial charge in [0.2, 0.25) is 0 Å². The molecule has 1 aromatic rings. The molecule has 0 fully saturated rings. The van der Waals surface area contributed by atoms with E-state index in [9.17, 15) is 10.1 Å². The van der Waals surface area contributed by atoms with Crippen LogP contribution in [0, 0.1) is 10.1 Å². The first-order valence-electron chi connectivity index (χ1n) is 4.73. The van der Waals surface area contributed by atoms with E-state index in [4.69, 9.17) is 0 Å². The Labute approximate surface area is 83.1 Å². The van der Waals surface area contributed by atoms with E-state index in [1.807, 2.05) is 0 Å². The third kappa shape index (κ3) is 2.73. The van der Waals surface area contributed by atoms with Crippen LogP contribution in [-0.2, 0) is 0 Å². The molecule has 0 aromatic heterocycles. The minimum Gasteiger partial charge on any atom is -0.379 e. The van der Waals surface area contributed by atoms with Crippen molar-refractivity contribution >= 4 is 11.4 Å². The summed E-state index contributed by atoms with van der Waals surface area (Å²) in [6, 6.07) is 6.70. The quantitative estimate of drug-likeness (QED) is 0.445. The van der Waals surface area contributed by atoms with E-state index in [-0.39, 0.29) is 10.6 Å². The van der Waals surface area contributed by atoms with Crippen molar-refractivity contribution < 1.29 is 4.92 Å². The molecule has 0 radical (unpaired) electrons. The molecule has 4 heteroatoms. The van der Waals surface area contributed by atoms with Crippen molar-refractivity contribution in [3.05, 3.63) is 34.4 Å². The summed E-state index contributed by atoms with van der Waals surface area (Å²) in [4.78, 5) is 10.3. The lowest BCUT2D eigenvalue weighted by atomic mass is 10.2. The lowest BCUT2D eigenvalue weighted by Crippen LogP contribution is -2.03. The molecule has 14 heavy (non-hydrogen) atoms. The van der Waals surface area contributed by atoms with Crippen LogP contribution in [0.3, 0.4) is 0 Å². The van der Waals surface area contributed by atoms with Gasteiger partial charge in [-0.1, -0.05) is 25.5 Å². The summed E-state index contributed by atoms with van der Waals surface area (Å²) in [5.74, 6) is 0. The molecule has 0 saturated heterocycles. The van der Waals surface area contributed by atoms with Gasteiger partial charge in [-0.25, -0.2) is 0 Å². The van der Waals surface area contributed by atoms with Gasteiger partial charge < -0.3 is 5.32 Å². The Kier molecular flexibility index (Phi) is 3.91. The largest absolute Gasteiger partial charge is 0.379 e. The molecule has 0 unspecified atom stereocenters. The Morgan fingerprint density at radius 2 is 2.14 bits per heavy atom. The second kappa shape index (κ2) is 5.21. The molecular formula is C10H14N2O2. The highest BCUT2D eigenvalue weighted by molar-refractivity contribution is 5.60. The van der Waals surface area contributed by atoms with Crippen molar-refractivity contribution in [2.45, 2.75) is 19.8 Å². The van der Waals surface area contributed by atoms with Crippen molar-refractivity contribution in [1.29, 1.82) is 0 Å². The molecule has 0 spiro atoms. The van der Waals surface area contributed by atoms with Gasteiger partial charge in [0.15, 0.2) is 0 Å². The van der Waals surface area contributed by atoms with Crippen LogP contribution in [0.25, 0.3) is 0 Å². The fourth-order valence-electron chi connectivity index (χ4n) is 1.18. The molecule has 1 aromatic carbocycles. The highest BCUT2D eigenvalue weighted by Gasteiger charge is 2.10. The van der Waals surface area contributed by atoms with Crippen LogP contribution in [-0.4, -0.2) is 11.5 Å². The summed E-state index contributed by atoms with van der Waals surface area (Å²) in [5.41, 5.74) is 0.745. The molecular weight excluding hydrogens is 180 g/mol. The molecule has 0 aliphatic heterocycles. The molecule has 0 saturated carbocycles. The molecule has 0 atom stereocenters. The van der Waals surface area contributed by atoms with Crippen molar-refractivity contribution in [2.75, 3.05) is 11.9 Å². The Hall–Kier alpha value is -1.58. The van der Waals surface area contributed by atoms with E-state index in [1.165, 1.54) is 6.07 Å². The zero-order valence-electron chi connectivity index (χ0n) is 8.19. The van der Waals surface area contributed by atoms with Crippen molar-refractivity contribution in [2.24, 2.45) is 0 Å². The van der Waals surface area contributed by atoms with Gasteiger partial charge in [0.25, 0.3) is 5.69 Å². The van der Waals surface area contributed by atoms with Gasteiger partial charge in [0, 0.05) is 12.6 Å². The average molecular weight is 194 g/mol. The van der Waals surface area contributed by atoms with Crippen LogP contribution in [0.5, 0.6) is 0 Å². The van der Waals surface area contributed by atoms with Crippen LogP contribution in [0.15, 0.2) is 24.3 Å². The lowest BCUT2D eigenvalue weighted by Gasteiger charge is -2.05. The molecule has 0 bridgehead atoms. The molecule has 76 valence electrons. The van der Waals surface area contributed by atoms with Crippen LogP contribution < -0.4 is 5.32 Å². The number of rotatable bonds is 5. The van der Waals surface area contributed by atoms with Gasteiger partial charge in [0.1, 0.15) is 5.69 Å². The number of benzene rings is 1. The minimum absolute atomic E-state index is 0.142. The number of nitro groups is 1. The predicted molar refractivity (Wildman–Crippen MR) is 56.5 cm³/mol. The summed E-state index contributed by atoms with van der Waals surface area (Å²) < 4.78 is 0. The molecule has 0 aliphatic carbocycles. The van der Waals surface area contributed by atoms with E-state index < -0.39 is 0 Å². The maximum Gasteiger partial charge on any atom is 0.292 e. The number of nitrogens with one attached hydrogen (secondary N) is 1. The maximum atomic E-state index is 10.6. The standard InChI is InChI=1S/C10H14N2O2/c1-2-3-8-11-9-6-4-5-7-10(9)12(13)14/h4-7,11H,2-3,8H2,1H3. The van der Waals surface area contributed by atoms with Crippen LogP contribution in [0.4, 0.5) is 11.4 Å². The summed E-state index contributed by atoms with van der Waals surface area (Å²) in [7, 11) is 0. The number of hydrogen-bond acceptors (Lipinski definition) is 3. The van der Waals surface area contributed by atoms with Crippen molar-refractivity contribution in [1.82, 2.24) is 0 Å². The van der Waals surface area contributed by atoms with Crippen LogP contribution in [0.2, 0.25) is 0 Å². The molecule has 4 nitrogen and oxygen atoms in total. The predicted octanol–water partition coefficient (Wildman–Crippen LogP) is 2.81. The molecule has 1 N–H and O–H groups in total. The maximum absolute atomic E-state index is 10.6. The highest BCUT2D eigenvalue weighted by Crippen LogP contribution is 2.22. The minimum atomic E-state index is -0.367. The first-order chi connectivity index (χ1) is 6.75. The second-order valence-electron chi connectivity index (χ2n) is 3.05. The summed E-state index contributed by atoms with van der Waals surface area (Å²) in [5, 5.41) is 13.7. The first kappa shape index (κ1) is 10.5. The number of nitrogens with zero attached hydrogens (tertiary/aromatic N) is 1. The summed E-state index contributed by atoms with van der Waals surface area (Å²) in [6.45, 7) is 2.86. The molecule has 0 amide bonds. The Bertz CT molecular complexity index is 313. The van der Waals surface area contributed by atoms with Gasteiger partial charge >= 0.3 is 0 Å². The number of nitro benzene ring substituents is 1. The van der Waals surface area contributed by atoms with Gasteiger partial charge in [-0.2, -0.15) is 0 Å². The number of para-hydroxylation sites is 2. The average Bonchev–Trinajstić information content (AvgIpc) is 2.19. The van der Waals surface area contributed by atoms with Gasteiger partial charge in [-0.05, 0) is 12.5 Å². The Morgan fingerprint density at radius 1 is 1.43 bits per heavy atom. The topological polar surface area (TPSA) is 55.2 Å². The second-order valence-corrected chi connectivity index (χ2v) is 3.05. The zero-order chi connectivity index (χ0) is 10.4. The van der Waals surface area contributed by atoms with Gasteiger partial charge in [-0.3, -0.25) is 10.1 Å². The normalized spacial score (nSPS) is 9.79. The van der Waals surface area contributed by atoms with Gasteiger partial charge in [0.05, 0.1) is 4.92 Å². The highest BCUT2D eigenvalue weighted by atomic mass is 16.6. The monoisotopic (exact) mass is 194 g/mol. The Morgan fingerprint density at radius 3 is 2.79 bits per heavy atom. The Balaban J connectivity index is 2.69. The number of unbranched alkanes of at least 4 members (excludes halogenated alkanes) is 1. The number of hydrogen-bond donors (Lipinski definition) is 1. The summed E-state index contributed by atoms with van der Waals surface area (Å²) >= 11 is 0. The van der Waals surface area contributed by atoms with E-state index in [0.717, 1.165) is 19.4 Å².